The molecule has 1 fully saturated rings. The van der Waals surface area contributed by atoms with Crippen molar-refractivity contribution in [2.45, 2.75) is 45.1 Å². The quantitative estimate of drug-likeness (QED) is 0.727. The summed E-state index contributed by atoms with van der Waals surface area (Å²) in [4.78, 5) is 11.9. The second kappa shape index (κ2) is 5.97. The zero-order valence-electron chi connectivity index (χ0n) is 10.4. The number of ketones is 1. The summed E-state index contributed by atoms with van der Waals surface area (Å²) in [6, 6.07) is 7.84. The van der Waals surface area contributed by atoms with Crippen LogP contribution < -0.4 is 0 Å². The van der Waals surface area contributed by atoms with Crippen LogP contribution in [0.3, 0.4) is 0 Å². The molecule has 1 aliphatic carbocycles. The van der Waals surface area contributed by atoms with Gasteiger partial charge < -0.3 is 4.74 Å². The van der Waals surface area contributed by atoms with E-state index in [1.807, 2.05) is 24.3 Å². The molecule has 0 spiro atoms. The average Bonchev–Trinajstić information content (AvgIpc) is 2.89. The monoisotopic (exact) mass is 232 g/mol. The van der Waals surface area contributed by atoms with Gasteiger partial charge in [-0.25, -0.2) is 0 Å². The van der Waals surface area contributed by atoms with Crippen molar-refractivity contribution in [2.24, 2.45) is 0 Å². The lowest BCUT2D eigenvalue weighted by Gasteiger charge is -2.10. The molecule has 0 N–H and O–H groups in total. The average molecular weight is 232 g/mol. The molecule has 92 valence electrons. The molecule has 1 aromatic rings. The van der Waals surface area contributed by atoms with Crippen LogP contribution in [0.25, 0.3) is 0 Å². The van der Waals surface area contributed by atoms with E-state index in [4.69, 9.17) is 4.74 Å². The van der Waals surface area contributed by atoms with E-state index in [0.717, 1.165) is 24.8 Å². The summed E-state index contributed by atoms with van der Waals surface area (Å²) in [7, 11) is 0. The number of carbonyl (C=O) groups is 1. The zero-order valence-corrected chi connectivity index (χ0v) is 10.4. The van der Waals surface area contributed by atoms with Gasteiger partial charge in [-0.3, -0.25) is 4.79 Å². The van der Waals surface area contributed by atoms with Crippen LogP contribution >= 0.6 is 0 Å². The van der Waals surface area contributed by atoms with Crippen molar-refractivity contribution in [1.82, 2.24) is 0 Å². The Morgan fingerprint density at radius 2 is 1.88 bits per heavy atom. The molecule has 0 heterocycles. The van der Waals surface area contributed by atoms with Gasteiger partial charge >= 0.3 is 0 Å². The van der Waals surface area contributed by atoms with Gasteiger partial charge in [-0.1, -0.05) is 44.0 Å². The molecule has 17 heavy (non-hydrogen) atoms. The van der Waals surface area contributed by atoms with Crippen molar-refractivity contribution in [2.75, 3.05) is 6.61 Å². The van der Waals surface area contributed by atoms with E-state index in [2.05, 4.69) is 6.92 Å². The molecule has 0 amide bonds. The van der Waals surface area contributed by atoms with Crippen LogP contribution in [0.1, 0.15) is 48.5 Å². The molecule has 2 heteroatoms. The number of aryl methyl sites for hydroxylation is 1. The Kier molecular flexibility index (Phi) is 4.32. The number of ether oxygens (including phenoxy) is 1. The van der Waals surface area contributed by atoms with Gasteiger partial charge in [0.1, 0.15) is 6.61 Å². The van der Waals surface area contributed by atoms with E-state index < -0.39 is 0 Å². The third-order valence-electron chi connectivity index (χ3n) is 3.44. The van der Waals surface area contributed by atoms with Crippen molar-refractivity contribution in [1.29, 1.82) is 0 Å². The molecular weight excluding hydrogens is 212 g/mol. The van der Waals surface area contributed by atoms with E-state index in [0.29, 0.717) is 6.10 Å². The van der Waals surface area contributed by atoms with Gasteiger partial charge in [0, 0.05) is 5.56 Å². The Hall–Kier alpha value is -1.15. The Balaban J connectivity index is 1.85. The maximum absolute atomic E-state index is 11.9. The summed E-state index contributed by atoms with van der Waals surface area (Å²) < 4.78 is 5.63. The van der Waals surface area contributed by atoms with Crippen LogP contribution in [0.4, 0.5) is 0 Å². The first-order valence-corrected chi connectivity index (χ1v) is 6.53. The number of carbonyl (C=O) groups excluding carboxylic acids is 1. The highest BCUT2D eigenvalue weighted by atomic mass is 16.5. The Labute approximate surface area is 103 Å². The minimum atomic E-state index is 0.0968. The highest BCUT2D eigenvalue weighted by Gasteiger charge is 2.17. The van der Waals surface area contributed by atoms with Crippen molar-refractivity contribution in [3.05, 3.63) is 35.4 Å². The van der Waals surface area contributed by atoms with Gasteiger partial charge in [0.05, 0.1) is 6.10 Å². The summed E-state index contributed by atoms with van der Waals surface area (Å²) in [5, 5.41) is 0. The summed E-state index contributed by atoms with van der Waals surface area (Å²) in [5.41, 5.74) is 2.03. The molecule has 0 bridgehead atoms. The van der Waals surface area contributed by atoms with Crippen molar-refractivity contribution in [3.8, 4) is 0 Å². The van der Waals surface area contributed by atoms with Gasteiger partial charge in [-0.05, 0) is 24.8 Å². The summed E-state index contributed by atoms with van der Waals surface area (Å²) in [6.45, 7) is 2.34. The number of hydrogen-bond donors (Lipinski definition) is 0. The number of hydrogen-bond acceptors (Lipinski definition) is 2. The fraction of sp³-hybridized carbons (Fsp3) is 0.533. The molecule has 2 nitrogen and oxygen atoms in total. The highest BCUT2D eigenvalue weighted by molar-refractivity contribution is 5.97. The first-order valence-electron chi connectivity index (χ1n) is 6.53. The molecule has 0 aromatic heterocycles. The molecule has 2 rings (SSSR count). The number of Topliss-reactive ketones (excluding diaryl/α,β-unsaturated/α-hetero) is 1. The predicted molar refractivity (Wildman–Crippen MR) is 68.4 cm³/mol. The van der Waals surface area contributed by atoms with Crippen molar-refractivity contribution in [3.63, 3.8) is 0 Å². The van der Waals surface area contributed by atoms with Crippen LogP contribution in [0.2, 0.25) is 0 Å². The maximum atomic E-state index is 11.9. The van der Waals surface area contributed by atoms with Crippen molar-refractivity contribution >= 4 is 5.78 Å². The molecule has 1 aromatic carbocycles. The molecule has 0 atom stereocenters. The molecule has 1 saturated carbocycles. The van der Waals surface area contributed by atoms with E-state index in [9.17, 15) is 4.79 Å². The lowest BCUT2D eigenvalue weighted by molar-refractivity contribution is 0.0482. The minimum Gasteiger partial charge on any atom is -0.370 e. The summed E-state index contributed by atoms with van der Waals surface area (Å²) in [5.74, 6) is 0.0968. The Morgan fingerprint density at radius 1 is 1.24 bits per heavy atom. The van der Waals surface area contributed by atoms with Gasteiger partial charge in [0.15, 0.2) is 5.78 Å². The molecule has 1 aliphatic rings. The second-order valence-corrected chi connectivity index (χ2v) is 4.69. The van der Waals surface area contributed by atoms with E-state index in [1.54, 1.807) is 0 Å². The first kappa shape index (κ1) is 12.3. The van der Waals surface area contributed by atoms with Crippen LogP contribution in [-0.2, 0) is 11.2 Å². The highest BCUT2D eigenvalue weighted by Crippen LogP contribution is 2.21. The van der Waals surface area contributed by atoms with Gasteiger partial charge in [-0.2, -0.15) is 0 Å². The Morgan fingerprint density at radius 3 is 2.47 bits per heavy atom. The molecule has 0 saturated heterocycles. The normalized spacial score (nSPS) is 16.3. The summed E-state index contributed by atoms with van der Waals surface area (Å²) >= 11 is 0. The molecular formula is C15H20O2. The van der Waals surface area contributed by atoms with Crippen molar-refractivity contribution < 1.29 is 9.53 Å². The van der Waals surface area contributed by atoms with Gasteiger partial charge in [0.2, 0.25) is 0 Å². The predicted octanol–water partition coefficient (Wildman–Crippen LogP) is 3.39. The second-order valence-electron chi connectivity index (χ2n) is 4.69. The molecule has 0 radical (unpaired) electrons. The van der Waals surface area contributed by atoms with Crippen LogP contribution in [0.15, 0.2) is 24.3 Å². The third kappa shape index (κ3) is 3.40. The van der Waals surface area contributed by atoms with Crippen LogP contribution in [0, 0.1) is 0 Å². The fourth-order valence-electron chi connectivity index (χ4n) is 2.26. The number of rotatable bonds is 5. The smallest absolute Gasteiger partial charge is 0.188 e. The maximum Gasteiger partial charge on any atom is 0.188 e. The summed E-state index contributed by atoms with van der Waals surface area (Å²) in [6.07, 6.45) is 6.03. The van der Waals surface area contributed by atoms with Gasteiger partial charge in [-0.15, -0.1) is 0 Å². The number of benzene rings is 1. The van der Waals surface area contributed by atoms with E-state index in [1.165, 1.54) is 18.4 Å². The van der Waals surface area contributed by atoms with Gasteiger partial charge in [0.25, 0.3) is 0 Å². The topological polar surface area (TPSA) is 26.3 Å². The standard InChI is InChI=1S/C15H20O2/c1-2-12-7-9-13(10-8-12)15(16)11-17-14-5-3-4-6-14/h7-10,14H,2-6,11H2,1H3. The molecule has 0 aliphatic heterocycles. The lowest BCUT2D eigenvalue weighted by Crippen LogP contribution is -2.15. The van der Waals surface area contributed by atoms with Crippen LogP contribution in [-0.4, -0.2) is 18.5 Å². The third-order valence-corrected chi connectivity index (χ3v) is 3.44. The largest absolute Gasteiger partial charge is 0.370 e. The zero-order chi connectivity index (χ0) is 12.1. The first-order chi connectivity index (χ1) is 8.29. The molecule has 0 unspecified atom stereocenters. The SMILES string of the molecule is CCc1ccc(C(=O)COC2CCCC2)cc1. The Bertz CT molecular complexity index is 361. The van der Waals surface area contributed by atoms with Crippen LogP contribution in [0.5, 0.6) is 0 Å². The fourth-order valence-corrected chi connectivity index (χ4v) is 2.26. The van der Waals surface area contributed by atoms with E-state index >= 15 is 0 Å². The lowest BCUT2D eigenvalue weighted by atomic mass is 10.1. The van der Waals surface area contributed by atoms with E-state index in [-0.39, 0.29) is 12.4 Å². The minimum absolute atomic E-state index is 0.0968.